The van der Waals surface area contributed by atoms with E-state index in [4.69, 9.17) is 14.6 Å². The molecule has 1 rings (SSSR count). The molecule has 1 atom stereocenters. The summed E-state index contributed by atoms with van der Waals surface area (Å²) in [5.41, 5.74) is 0. The fraction of sp³-hybridized carbons (Fsp3) is 0.500. The van der Waals surface area contributed by atoms with Crippen LogP contribution in [0.2, 0.25) is 0 Å². The van der Waals surface area contributed by atoms with Crippen molar-refractivity contribution < 1.29 is 24.2 Å². The molecule has 0 fully saturated rings. The third-order valence-electron chi connectivity index (χ3n) is 1.81. The summed E-state index contributed by atoms with van der Waals surface area (Å²) >= 11 is 1.42. The molecule has 0 saturated carbocycles. The third kappa shape index (κ3) is 3.88. The molecule has 16 heavy (non-hydrogen) atoms. The van der Waals surface area contributed by atoms with Crippen molar-refractivity contribution in [1.29, 1.82) is 0 Å². The van der Waals surface area contributed by atoms with Crippen LogP contribution < -0.4 is 0 Å². The van der Waals surface area contributed by atoms with Crippen LogP contribution in [0.1, 0.15) is 16.3 Å². The molecule has 0 aromatic carbocycles. The molecule has 0 aliphatic heterocycles. The van der Waals surface area contributed by atoms with Crippen LogP contribution in [0.3, 0.4) is 0 Å². The second kappa shape index (κ2) is 6.57. The number of carbonyl (C=O) groups is 1. The van der Waals surface area contributed by atoms with Crippen LogP contribution in [0, 0.1) is 0 Å². The molecular formula is C10H14O5S. The van der Waals surface area contributed by atoms with Crippen molar-refractivity contribution in [1.82, 2.24) is 0 Å². The summed E-state index contributed by atoms with van der Waals surface area (Å²) in [4.78, 5) is 11.1. The first-order valence-corrected chi connectivity index (χ1v) is 5.86. The van der Waals surface area contributed by atoms with E-state index in [9.17, 15) is 4.79 Å². The summed E-state index contributed by atoms with van der Waals surface area (Å²) in [7, 11) is 1.29. The highest BCUT2D eigenvalue weighted by Crippen LogP contribution is 2.16. The Hall–Kier alpha value is -0.980. The molecule has 0 aliphatic carbocycles. The van der Waals surface area contributed by atoms with E-state index in [0.29, 0.717) is 17.3 Å². The van der Waals surface area contributed by atoms with Gasteiger partial charge in [0, 0.05) is 5.75 Å². The van der Waals surface area contributed by atoms with Crippen LogP contribution in [0.4, 0.5) is 0 Å². The zero-order chi connectivity index (χ0) is 12.0. The van der Waals surface area contributed by atoms with Gasteiger partial charge in [0.1, 0.15) is 5.76 Å². The van der Waals surface area contributed by atoms with Crippen LogP contribution in [0.5, 0.6) is 0 Å². The van der Waals surface area contributed by atoms with Crippen molar-refractivity contribution in [2.75, 3.05) is 19.5 Å². The van der Waals surface area contributed by atoms with E-state index in [1.807, 2.05) is 0 Å². The number of aliphatic hydroxyl groups excluding tert-OH is 2. The monoisotopic (exact) mass is 246 g/mol. The van der Waals surface area contributed by atoms with Crippen molar-refractivity contribution in [3.8, 4) is 0 Å². The molecular weight excluding hydrogens is 232 g/mol. The Bertz CT molecular complexity index is 336. The number of aliphatic hydroxyl groups is 2. The van der Waals surface area contributed by atoms with Crippen molar-refractivity contribution in [3.05, 3.63) is 23.7 Å². The summed E-state index contributed by atoms with van der Waals surface area (Å²) in [5.74, 6) is 1.25. The van der Waals surface area contributed by atoms with Gasteiger partial charge in [0.25, 0.3) is 0 Å². The predicted octanol–water partition coefficient (Wildman–Crippen LogP) is 0.653. The molecule has 0 spiro atoms. The Morgan fingerprint density at radius 2 is 2.38 bits per heavy atom. The minimum Gasteiger partial charge on any atom is -0.463 e. The van der Waals surface area contributed by atoms with E-state index < -0.39 is 12.1 Å². The fourth-order valence-corrected chi connectivity index (χ4v) is 1.87. The molecule has 1 heterocycles. The number of esters is 1. The highest BCUT2D eigenvalue weighted by Gasteiger charge is 2.11. The summed E-state index contributed by atoms with van der Waals surface area (Å²) < 4.78 is 9.71. The maximum Gasteiger partial charge on any atom is 0.373 e. The molecule has 0 radical (unpaired) electrons. The molecule has 5 nitrogen and oxygen atoms in total. The molecule has 0 saturated heterocycles. The first-order valence-electron chi connectivity index (χ1n) is 4.71. The largest absolute Gasteiger partial charge is 0.463 e. The van der Waals surface area contributed by atoms with Gasteiger partial charge in [0.05, 0.1) is 25.6 Å². The lowest BCUT2D eigenvalue weighted by Gasteiger charge is -2.04. The number of hydrogen-bond acceptors (Lipinski definition) is 6. The molecule has 0 amide bonds. The first kappa shape index (κ1) is 13.1. The van der Waals surface area contributed by atoms with Crippen molar-refractivity contribution in [2.45, 2.75) is 11.9 Å². The van der Waals surface area contributed by atoms with E-state index in [0.717, 1.165) is 0 Å². The number of methoxy groups -OCH3 is 1. The Morgan fingerprint density at radius 3 is 3.00 bits per heavy atom. The lowest BCUT2D eigenvalue weighted by atomic mass is 10.4. The van der Waals surface area contributed by atoms with Gasteiger partial charge in [-0.3, -0.25) is 0 Å². The third-order valence-corrected chi connectivity index (χ3v) is 2.92. The lowest BCUT2D eigenvalue weighted by molar-refractivity contribution is 0.0563. The van der Waals surface area contributed by atoms with Gasteiger partial charge < -0.3 is 19.4 Å². The molecule has 2 N–H and O–H groups in total. The van der Waals surface area contributed by atoms with Crippen LogP contribution in [0.15, 0.2) is 16.5 Å². The van der Waals surface area contributed by atoms with Gasteiger partial charge in [0.15, 0.2) is 0 Å². The van der Waals surface area contributed by atoms with E-state index >= 15 is 0 Å². The van der Waals surface area contributed by atoms with Crippen LogP contribution in [-0.2, 0) is 10.5 Å². The molecule has 1 unspecified atom stereocenters. The minimum atomic E-state index is -0.722. The van der Waals surface area contributed by atoms with Crippen molar-refractivity contribution in [2.24, 2.45) is 0 Å². The van der Waals surface area contributed by atoms with Gasteiger partial charge in [-0.2, -0.15) is 11.8 Å². The van der Waals surface area contributed by atoms with Crippen LogP contribution in [-0.4, -0.2) is 41.8 Å². The van der Waals surface area contributed by atoms with Gasteiger partial charge in [-0.15, -0.1) is 0 Å². The Balaban J connectivity index is 2.38. The van der Waals surface area contributed by atoms with Crippen molar-refractivity contribution in [3.63, 3.8) is 0 Å². The molecule has 1 aromatic heterocycles. The number of thioether (sulfide) groups is 1. The maximum absolute atomic E-state index is 11.1. The van der Waals surface area contributed by atoms with Gasteiger partial charge in [-0.1, -0.05) is 0 Å². The summed E-state index contributed by atoms with van der Waals surface area (Å²) in [6.45, 7) is -0.251. The first-order chi connectivity index (χ1) is 7.67. The fourth-order valence-electron chi connectivity index (χ4n) is 1.01. The quantitative estimate of drug-likeness (QED) is 0.717. The summed E-state index contributed by atoms with van der Waals surface area (Å²) in [6, 6.07) is 3.23. The lowest BCUT2D eigenvalue weighted by Crippen LogP contribution is -2.14. The van der Waals surface area contributed by atoms with E-state index in [1.165, 1.54) is 18.9 Å². The van der Waals surface area contributed by atoms with Gasteiger partial charge in [0.2, 0.25) is 5.76 Å². The zero-order valence-corrected chi connectivity index (χ0v) is 9.70. The molecule has 0 bridgehead atoms. The zero-order valence-electron chi connectivity index (χ0n) is 8.88. The second-order valence-corrected chi connectivity index (χ2v) is 4.14. The van der Waals surface area contributed by atoms with E-state index in [1.54, 1.807) is 12.1 Å². The summed E-state index contributed by atoms with van der Waals surface area (Å²) in [5, 5.41) is 17.7. The predicted molar refractivity (Wildman–Crippen MR) is 59.3 cm³/mol. The molecule has 90 valence electrons. The van der Waals surface area contributed by atoms with E-state index in [-0.39, 0.29) is 12.4 Å². The molecule has 1 aromatic rings. The van der Waals surface area contributed by atoms with Gasteiger partial charge >= 0.3 is 5.97 Å². The SMILES string of the molecule is COC(=O)c1ccc(CSCC(O)CO)o1. The van der Waals surface area contributed by atoms with Gasteiger partial charge in [-0.25, -0.2) is 4.79 Å². The number of rotatable bonds is 6. The van der Waals surface area contributed by atoms with Crippen LogP contribution in [0.25, 0.3) is 0 Å². The molecule has 6 heteroatoms. The Labute approximate surface area is 97.4 Å². The Morgan fingerprint density at radius 1 is 1.62 bits per heavy atom. The van der Waals surface area contributed by atoms with Crippen molar-refractivity contribution >= 4 is 17.7 Å². The summed E-state index contributed by atoms with van der Waals surface area (Å²) in [6.07, 6.45) is -0.722. The Kier molecular flexibility index (Phi) is 5.37. The second-order valence-electron chi connectivity index (χ2n) is 3.11. The average Bonchev–Trinajstić information content (AvgIpc) is 2.76. The minimum absolute atomic E-state index is 0.167. The standard InChI is InChI=1S/C10H14O5S/c1-14-10(13)9-3-2-8(15-9)6-16-5-7(12)4-11/h2-3,7,11-12H,4-6H2,1H3. The van der Waals surface area contributed by atoms with Gasteiger partial charge in [-0.05, 0) is 12.1 Å². The number of ether oxygens (including phenoxy) is 1. The highest BCUT2D eigenvalue weighted by molar-refractivity contribution is 7.98. The highest BCUT2D eigenvalue weighted by atomic mass is 32.2. The normalized spacial score (nSPS) is 12.4. The number of carbonyl (C=O) groups excluding carboxylic acids is 1. The molecule has 0 aliphatic rings. The van der Waals surface area contributed by atoms with Crippen LogP contribution >= 0.6 is 11.8 Å². The topological polar surface area (TPSA) is 79.9 Å². The smallest absolute Gasteiger partial charge is 0.373 e. The van der Waals surface area contributed by atoms with E-state index in [2.05, 4.69) is 4.74 Å². The number of furan rings is 1. The average molecular weight is 246 g/mol. The number of hydrogen-bond donors (Lipinski definition) is 2. The maximum atomic E-state index is 11.1.